The van der Waals surface area contributed by atoms with Crippen molar-refractivity contribution in [2.24, 2.45) is 0 Å². The van der Waals surface area contributed by atoms with Crippen molar-refractivity contribution in [3.8, 4) is 11.4 Å². The van der Waals surface area contributed by atoms with Gasteiger partial charge in [0.1, 0.15) is 5.82 Å². The highest BCUT2D eigenvalue weighted by atomic mass is 16.5. The zero-order chi connectivity index (χ0) is 26.7. The van der Waals surface area contributed by atoms with Crippen molar-refractivity contribution in [1.29, 1.82) is 0 Å². The summed E-state index contributed by atoms with van der Waals surface area (Å²) in [6.07, 6.45) is 6.47. The van der Waals surface area contributed by atoms with Crippen LogP contribution in [0.3, 0.4) is 0 Å². The van der Waals surface area contributed by atoms with Crippen LogP contribution in [0.5, 0.6) is 0 Å². The van der Waals surface area contributed by atoms with E-state index in [1.165, 1.54) is 0 Å². The number of hydrogen-bond donors (Lipinski definition) is 4. The zero-order valence-corrected chi connectivity index (χ0v) is 21.8. The molecule has 2 aromatic heterocycles. The Labute approximate surface area is 221 Å². The summed E-state index contributed by atoms with van der Waals surface area (Å²) >= 11 is 0. The first-order valence-electron chi connectivity index (χ1n) is 13.2. The van der Waals surface area contributed by atoms with E-state index in [0.29, 0.717) is 44.2 Å². The number of carbonyl (C=O) groups is 2. The van der Waals surface area contributed by atoms with Gasteiger partial charge in [-0.05, 0) is 43.5 Å². The van der Waals surface area contributed by atoms with Crippen LogP contribution in [0.4, 0.5) is 16.3 Å². The van der Waals surface area contributed by atoms with E-state index in [4.69, 9.17) is 19.9 Å². The summed E-state index contributed by atoms with van der Waals surface area (Å²) in [5, 5.41) is 19.8. The van der Waals surface area contributed by atoms with E-state index in [9.17, 15) is 9.59 Å². The van der Waals surface area contributed by atoms with Gasteiger partial charge in [-0.3, -0.25) is 10.0 Å². The molecular weight excluding hydrogens is 488 g/mol. The van der Waals surface area contributed by atoms with Crippen LogP contribution in [0.1, 0.15) is 45.4 Å². The molecule has 12 heteroatoms. The molecule has 12 nitrogen and oxygen atoms in total. The van der Waals surface area contributed by atoms with E-state index in [2.05, 4.69) is 20.6 Å². The van der Waals surface area contributed by atoms with Gasteiger partial charge in [0.15, 0.2) is 11.5 Å². The Morgan fingerprint density at radius 3 is 2.55 bits per heavy atom. The largest absolute Gasteiger partial charge is 0.378 e. The summed E-state index contributed by atoms with van der Waals surface area (Å²) in [5.74, 6) is 1.08. The van der Waals surface area contributed by atoms with Crippen LogP contribution >= 0.6 is 0 Å². The third kappa shape index (κ3) is 7.17. The number of aryl methyl sites for hydroxylation is 1. The number of aromatic nitrogens is 4. The first kappa shape index (κ1) is 27.3. The molecule has 3 amide bonds. The van der Waals surface area contributed by atoms with Gasteiger partial charge in [-0.1, -0.05) is 19.8 Å². The molecule has 0 spiro atoms. The lowest BCUT2D eigenvalue weighted by Gasteiger charge is -2.28. The Bertz CT molecular complexity index is 1210. The van der Waals surface area contributed by atoms with E-state index in [1.807, 2.05) is 42.1 Å². The fourth-order valence-corrected chi connectivity index (χ4v) is 4.32. The average molecular weight is 525 g/mol. The molecule has 204 valence electrons. The Kier molecular flexibility index (Phi) is 9.82. The second-order valence-electron chi connectivity index (χ2n) is 9.23. The van der Waals surface area contributed by atoms with Crippen molar-refractivity contribution in [3.63, 3.8) is 0 Å². The second kappa shape index (κ2) is 13.7. The van der Waals surface area contributed by atoms with Gasteiger partial charge in [0.2, 0.25) is 5.91 Å². The Hall–Kier alpha value is -3.77. The number of hydroxylamine groups is 1. The lowest BCUT2D eigenvalue weighted by Crippen LogP contribution is -2.37. The molecule has 4 rings (SSSR count). The van der Waals surface area contributed by atoms with Crippen molar-refractivity contribution in [3.05, 3.63) is 30.5 Å². The summed E-state index contributed by atoms with van der Waals surface area (Å²) < 4.78 is 7.46. The molecule has 1 saturated heterocycles. The van der Waals surface area contributed by atoms with Crippen LogP contribution in [-0.2, 0) is 16.1 Å². The minimum atomic E-state index is -0.355. The average Bonchev–Trinajstić information content (AvgIpc) is 3.36. The van der Waals surface area contributed by atoms with Crippen molar-refractivity contribution >= 4 is 34.5 Å². The lowest BCUT2D eigenvalue weighted by molar-refractivity contribution is -0.129. The number of amides is 3. The molecule has 0 radical (unpaired) electrons. The first-order chi connectivity index (χ1) is 18.6. The maximum atomic E-state index is 12.0. The molecule has 1 aliphatic rings. The molecule has 0 unspecified atom stereocenters. The number of ether oxygens (including phenoxy) is 1. The number of benzene rings is 1. The number of fused-ring (bicyclic) bond motifs is 1. The van der Waals surface area contributed by atoms with E-state index in [1.54, 1.807) is 5.48 Å². The summed E-state index contributed by atoms with van der Waals surface area (Å²) in [6.45, 7) is 6.10. The Balaban J connectivity index is 1.52. The molecular formula is C26H36N8O4. The zero-order valence-electron chi connectivity index (χ0n) is 21.8. The minimum Gasteiger partial charge on any atom is -0.378 e. The molecule has 38 heavy (non-hydrogen) atoms. The summed E-state index contributed by atoms with van der Waals surface area (Å²) in [7, 11) is 0. The number of nitrogens with zero attached hydrogens (tertiary/aromatic N) is 5. The molecule has 0 aliphatic carbocycles. The number of hydrogen-bond acceptors (Lipinski definition) is 8. The van der Waals surface area contributed by atoms with Gasteiger partial charge in [-0.15, -0.1) is 0 Å². The van der Waals surface area contributed by atoms with Crippen LogP contribution in [-0.4, -0.2) is 69.7 Å². The topological polar surface area (TPSA) is 147 Å². The highest BCUT2D eigenvalue weighted by Gasteiger charge is 2.20. The maximum Gasteiger partial charge on any atom is 0.319 e. The molecule has 1 aliphatic heterocycles. The quantitative estimate of drug-likeness (QED) is 0.160. The summed E-state index contributed by atoms with van der Waals surface area (Å²) in [5.41, 5.74) is 3.98. The summed E-state index contributed by atoms with van der Waals surface area (Å²) in [4.78, 5) is 35.2. The Morgan fingerprint density at radius 2 is 1.82 bits per heavy atom. The number of morpholine rings is 1. The molecule has 0 saturated carbocycles. The second-order valence-corrected chi connectivity index (χ2v) is 9.23. The third-order valence-electron chi connectivity index (χ3n) is 6.37. The number of carbonyl (C=O) groups excluding carboxylic acids is 2. The maximum absolute atomic E-state index is 12.0. The lowest BCUT2D eigenvalue weighted by atomic mass is 10.1. The molecule has 3 heterocycles. The highest BCUT2D eigenvalue weighted by molar-refractivity contribution is 5.90. The van der Waals surface area contributed by atoms with Crippen molar-refractivity contribution in [2.45, 2.75) is 52.0 Å². The van der Waals surface area contributed by atoms with E-state index in [0.717, 1.165) is 67.6 Å². The third-order valence-corrected chi connectivity index (χ3v) is 6.37. The molecule has 0 bridgehead atoms. The monoisotopic (exact) mass is 524 g/mol. The van der Waals surface area contributed by atoms with Crippen LogP contribution in [0.2, 0.25) is 0 Å². The highest BCUT2D eigenvalue weighted by Crippen LogP contribution is 2.29. The van der Waals surface area contributed by atoms with Gasteiger partial charge in [-0.25, -0.2) is 24.9 Å². The van der Waals surface area contributed by atoms with E-state index >= 15 is 0 Å². The number of anilines is 2. The predicted molar refractivity (Wildman–Crippen MR) is 144 cm³/mol. The predicted octanol–water partition coefficient (Wildman–Crippen LogP) is 3.32. The number of rotatable bonds is 12. The van der Waals surface area contributed by atoms with Gasteiger partial charge >= 0.3 is 6.03 Å². The van der Waals surface area contributed by atoms with Crippen molar-refractivity contribution in [2.75, 3.05) is 43.1 Å². The molecule has 3 aromatic rings. The van der Waals surface area contributed by atoms with Gasteiger partial charge < -0.3 is 20.3 Å². The van der Waals surface area contributed by atoms with Crippen LogP contribution in [0, 0.1) is 0 Å². The fraction of sp³-hybridized carbons (Fsp3) is 0.500. The number of urea groups is 1. The standard InChI is InChI=1S/C26H36N8O4/c1-2-12-27-26(36)29-20-10-8-19(9-11-20)23-30-24(33-14-16-38-17-15-33)21-18-28-34(25(21)31-23)13-6-4-3-5-7-22(35)32-37/h8-11,18,37H,2-7,12-17H2,1H3,(H,32,35)(H2,27,29,36). The van der Waals surface area contributed by atoms with Crippen LogP contribution < -0.4 is 21.0 Å². The Morgan fingerprint density at radius 1 is 1.05 bits per heavy atom. The molecule has 0 atom stereocenters. The van der Waals surface area contributed by atoms with Gasteiger partial charge in [-0.2, -0.15) is 5.10 Å². The first-order valence-corrected chi connectivity index (χ1v) is 13.2. The van der Waals surface area contributed by atoms with E-state index < -0.39 is 0 Å². The van der Waals surface area contributed by atoms with Gasteiger partial charge in [0.25, 0.3) is 0 Å². The van der Waals surface area contributed by atoms with Crippen molar-refractivity contribution in [1.82, 2.24) is 30.5 Å². The molecule has 4 N–H and O–H groups in total. The van der Waals surface area contributed by atoms with Crippen LogP contribution in [0.25, 0.3) is 22.4 Å². The minimum absolute atomic E-state index is 0.229. The summed E-state index contributed by atoms with van der Waals surface area (Å²) in [6, 6.07) is 7.27. The normalized spacial score (nSPS) is 13.5. The fourth-order valence-electron chi connectivity index (χ4n) is 4.32. The SMILES string of the molecule is CCCNC(=O)Nc1ccc(-c2nc(N3CCOCC3)c3cnn(CCCCCCC(=O)NO)c3n2)cc1. The van der Waals surface area contributed by atoms with Crippen molar-refractivity contribution < 1.29 is 19.5 Å². The number of nitrogens with one attached hydrogen (secondary N) is 3. The van der Waals surface area contributed by atoms with E-state index in [-0.39, 0.29) is 11.9 Å². The molecule has 1 aromatic carbocycles. The van der Waals surface area contributed by atoms with Crippen LogP contribution in [0.15, 0.2) is 30.5 Å². The smallest absolute Gasteiger partial charge is 0.319 e. The van der Waals surface area contributed by atoms with Gasteiger partial charge in [0, 0.05) is 43.9 Å². The number of unbranched alkanes of at least 4 members (excludes halogenated alkanes) is 3. The van der Waals surface area contributed by atoms with Gasteiger partial charge in [0.05, 0.1) is 24.8 Å². The molecule has 1 fully saturated rings.